The first kappa shape index (κ1) is 20.2. The van der Waals surface area contributed by atoms with Crippen molar-refractivity contribution in [2.24, 2.45) is 0 Å². The Bertz CT molecular complexity index is 748. The van der Waals surface area contributed by atoms with E-state index in [2.05, 4.69) is 10.2 Å². The standard InChI is InChI=1S/C22H31N3O4/c1-21(2)15-22(19(26)29-21)16-24(18-8-10-23-11-9-18)12-13-25(22)20(27)28-14-17-6-4-3-5-7-17/h3-7,18,23H,8-16H2,1-2H3. The number of nitrogens with zero attached hydrogens (tertiary/aromatic N) is 2. The van der Waals surface area contributed by atoms with Gasteiger partial charge in [-0.3, -0.25) is 9.80 Å². The molecule has 1 aromatic carbocycles. The number of ether oxygens (including phenoxy) is 2. The molecule has 1 amide bonds. The fourth-order valence-corrected chi connectivity index (χ4v) is 4.97. The van der Waals surface area contributed by atoms with Gasteiger partial charge in [-0.25, -0.2) is 9.59 Å². The van der Waals surface area contributed by atoms with Gasteiger partial charge in [0, 0.05) is 32.1 Å². The van der Waals surface area contributed by atoms with Crippen molar-refractivity contribution >= 4 is 12.1 Å². The van der Waals surface area contributed by atoms with Gasteiger partial charge in [0.15, 0.2) is 5.54 Å². The molecule has 3 fully saturated rings. The summed E-state index contributed by atoms with van der Waals surface area (Å²) in [6, 6.07) is 10.0. The minimum Gasteiger partial charge on any atom is -0.458 e. The smallest absolute Gasteiger partial charge is 0.411 e. The molecule has 7 nitrogen and oxygen atoms in total. The van der Waals surface area contributed by atoms with E-state index in [1.165, 1.54) is 0 Å². The SMILES string of the molecule is CC1(C)CC2(CN(C3CCNCC3)CCN2C(=O)OCc2ccccc2)C(=O)O1. The van der Waals surface area contributed by atoms with E-state index >= 15 is 0 Å². The third-order valence-electron chi connectivity index (χ3n) is 6.31. The molecular formula is C22H31N3O4. The number of rotatable bonds is 3. The molecule has 1 spiro atoms. The molecule has 3 heterocycles. The van der Waals surface area contributed by atoms with Gasteiger partial charge in [0.05, 0.1) is 0 Å². The molecule has 3 aliphatic rings. The van der Waals surface area contributed by atoms with Crippen LogP contribution in [0.25, 0.3) is 0 Å². The van der Waals surface area contributed by atoms with Crippen molar-refractivity contribution in [1.82, 2.24) is 15.1 Å². The molecule has 3 aliphatic heterocycles. The summed E-state index contributed by atoms with van der Waals surface area (Å²) in [5, 5.41) is 3.39. The lowest BCUT2D eigenvalue weighted by atomic mass is 9.85. The Morgan fingerprint density at radius 3 is 2.59 bits per heavy atom. The van der Waals surface area contributed by atoms with E-state index in [-0.39, 0.29) is 12.6 Å². The van der Waals surface area contributed by atoms with Gasteiger partial charge < -0.3 is 14.8 Å². The summed E-state index contributed by atoms with van der Waals surface area (Å²) in [7, 11) is 0. The minimum absolute atomic E-state index is 0.197. The highest BCUT2D eigenvalue weighted by Crippen LogP contribution is 2.41. The zero-order chi connectivity index (χ0) is 20.5. The fraction of sp³-hybridized carbons (Fsp3) is 0.636. The van der Waals surface area contributed by atoms with Crippen molar-refractivity contribution in [3.63, 3.8) is 0 Å². The average Bonchev–Trinajstić information content (AvgIpc) is 2.95. The molecule has 0 saturated carbocycles. The van der Waals surface area contributed by atoms with E-state index in [0.717, 1.165) is 38.0 Å². The van der Waals surface area contributed by atoms with Gasteiger partial charge in [-0.15, -0.1) is 0 Å². The Labute approximate surface area is 172 Å². The summed E-state index contributed by atoms with van der Waals surface area (Å²) in [4.78, 5) is 30.1. The number of piperidine rings is 1. The minimum atomic E-state index is -0.972. The highest BCUT2D eigenvalue weighted by Gasteiger charge is 2.60. The van der Waals surface area contributed by atoms with Crippen LogP contribution < -0.4 is 5.32 Å². The van der Waals surface area contributed by atoms with Crippen molar-refractivity contribution in [3.05, 3.63) is 35.9 Å². The van der Waals surface area contributed by atoms with Crippen LogP contribution in [0.2, 0.25) is 0 Å². The molecule has 0 aliphatic carbocycles. The monoisotopic (exact) mass is 401 g/mol. The van der Waals surface area contributed by atoms with Crippen LogP contribution in [0, 0.1) is 0 Å². The summed E-state index contributed by atoms with van der Waals surface area (Å²) in [5.41, 5.74) is -0.635. The maximum atomic E-state index is 13.1. The Balaban J connectivity index is 1.52. The Kier molecular flexibility index (Phi) is 5.53. The van der Waals surface area contributed by atoms with Gasteiger partial charge >= 0.3 is 12.1 Å². The third-order valence-corrected chi connectivity index (χ3v) is 6.31. The number of piperazine rings is 1. The molecule has 0 bridgehead atoms. The van der Waals surface area contributed by atoms with Gasteiger partial charge in [-0.2, -0.15) is 0 Å². The maximum absolute atomic E-state index is 13.1. The van der Waals surface area contributed by atoms with Crippen LogP contribution in [0.5, 0.6) is 0 Å². The number of benzene rings is 1. The molecule has 3 saturated heterocycles. The molecule has 0 radical (unpaired) electrons. The number of cyclic esters (lactones) is 1. The molecule has 4 rings (SSSR count). The van der Waals surface area contributed by atoms with Crippen molar-refractivity contribution in [3.8, 4) is 0 Å². The first-order chi connectivity index (χ1) is 13.9. The van der Waals surface area contributed by atoms with Crippen molar-refractivity contribution in [2.45, 2.75) is 56.9 Å². The lowest BCUT2D eigenvalue weighted by Gasteiger charge is -2.48. The molecule has 1 N–H and O–H groups in total. The number of amides is 1. The zero-order valence-corrected chi connectivity index (χ0v) is 17.4. The highest BCUT2D eigenvalue weighted by molar-refractivity contribution is 5.88. The van der Waals surface area contributed by atoms with Crippen LogP contribution in [0.3, 0.4) is 0 Å². The van der Waals surface area contributed by atoms with Crippen molar-refractivity contribution in [2.75, 3.05) is 32.7 Å². The summed E-state index contributed by atoms with van der Waals surface area (Å²) < 4.78 is 11.3. The van der Waals surface area contributed by atoms with Crippen LogP contribution >= 0.6 is 0 Å². The summed E-state index contributed by atoms with van der Waals surface area (Å²) in [6.07, 6.45) is 2.18. The molecule has 158 valence electrons. The van der Waals surface area contributed by atoms with Gasteiger partial charge in [0.25, 0.3) is 0 Å². The number of carbonyl (C=O) groups is 2. The van der Waals surface area contributed by atoms with E-state index in [0.29, 0.717) is 25.6 Å². The predicted octanol–water partition coefficient (Wildman–Crippen LogP) is 2.16. The third kappa shape index (κ3) is 4.12. The predicted molar refractivity (Wildman–Crippen MR) is 108 cm³/mol. The van der Waals surface area contributed by atoms with E-state index in [1.54, 1.807) is 4.90 Å². The van der Waals surface area contributed by atoms with Crippen molar-refractivity contribution in [1.29, 1.82) is 0 Å². The molecular weight excluding hydrogens is 370 g/mol. The second kappa shape index (κ2) is 7.95. The summed E-state index contributed by atoms with van der Waals surface area (Å²) in [6.45, 7) is 7.75. The molecule has 7 heteroatoms. The molecule has 1 aromatic rings. The van der Waals surface area contributed by atoms with E-state index < -0.39 is 17.2 Å². The number of carbonyl (C=O) groups excluding carboxylic acids is 2. The first-order valence-electron chi connectivity index (χ1n) is 10.6. The highest BCUT2D eigenvalue weighted by atomic mass is 16.6. The lowest BCUT2D eigenvalue weighted by molar-refractivity contribution is -0.156. The molecule has 29 heavy (non-hydrogen) atoms. The number of nitrogens with one attached hydrogen (secondary N) is 1. The zero-order valence-electron chi connectivity index (χ0n) is 17.4. The van der Waals surface area contributed by atoms with Crippen molar-refractivity contribution < 1.29 is 19.1 Å². The number of hydrogen-bond donors (Lipinski definition) is 1. The van der Waals surface area contributed by atoms with E-state index in [9.17, 15) is 9.59 Å². The lowest BCUT2D eigenvalue weighted by Crippen LogP contribution is -2.68. The fourth-order valence-electron chi connectivity index (χ4n) is 4.97. The van der Waals surface area contributed by atoms with Crippen LogP contribution in [0.15, 0.2) is 30.3 Å². The van der Waals surface area contributed by atoms with Gasteiger partial charge in [0.2, 0.25) is 0 Å². The average molecular weight is 402 g/mol. The Hall–Kier alpha value is -2.12. The second-order valence-electron chi connectivity index (χ2n) is 9.00. The Morgan fingerprint density at radius 2 is 1.93 bits per heavy atom. The van der Waals surface area contributed by atoms with E-state index in [1.807, 2.05) is 44.2 Å². The van der Waals surface area contributed by atoms with E-state index in [4.69, 9.17) is 9.47 Å². The second-order valence-corrected chi connectivity index (χ2v) is 9.00. The van der Waals surface area contributed by atoms with Crippen LogP contribution in [-0.2, 0) is 20.9 Å². The van der Waals surface area contributed by atoms with Crippen LogP contribution in [0.1, 0.15) is 38.7 Å². The number of hydrogen-bond acceptors (Lipinski definition) is 6. The normalized spacial score (nSPS) is 27.8. The summed E-state index contributed by atoms with van der Waals surface area (Å²) in [5.74, 6) is -0.308. The van der Waals surface area contributed by atoms with Crippen LogP contribution in [0.4, 0.5) is 4.79 Å². The molecule has 1 unspecified atom stereocenters. The Morgan fingerprint density at radius 1 is 1.21 bits per heavy atom. The molecule has 0 aromatic heterocycles. The summed E-state index contributed by atoms with van der Waals surface area (Å²) >= 11 is 0. The first-order valence-corrected chi connectivity index (χ1v) is 10.6. The van der Waals surface area contributed by atoms with Crippen LogP contribution in [-0.4, -0.2) is 71.8 Å². The van der Waals surface area contributed by atoms with Gasteiger partial charge in [-0.1, -0.05) is 30.3 Å². The quantitative estimate of drug-likeness (QED) is 0.783. The molecule has 1 atom stereocenters. The van der Waals surface area contributed by atoms with Gasteiger partial charge in [-0.05, 0) is 45.3 Å². The topological polar surface area (TPSA) is 71.1 Å². The largest absolute Gasteiger partial charge is 0.458 e. The number of esters is 1. The maximum Gasteiger partial charge on any atom is 0.411 e. The van der Waals surface area contributed by atoms with Gasteiger partial charge in [0.1, 0.15) is 12.2 Å².